The van der Waals surface area contributed by atoms with Crippen LogP contribution in [0.2, 0.25) is 0 Å². The monoisotopic (exact) mass is 510 g/mol. The lowest BCUT2D eigenvalue weighted by atomic mass is 9.71. The summed E-state index contributed by atoms with van der Waals surface area (Å²) in [5.41, 5.74) is 5.57. The van der Waals surface area contributed by atoms with Crippen LogP contribution in [-0.4, -0.2) is 56.3 Å². The number of aliphatic hydroxyl groups is 1. The van der Waals surface area contributed by atoms with Crippen LogP contribution in [0.5, 0.6) is 0 Å². The molecule has 0 bridgehead atoms. The maximum Gasteiger partial charge on any atom is 0.416 e. The maximum absolute atomic E-state index is 13.4. The molecule has 2 aliphatic rings. The lowest BCUT2D eigenvalue weighted by Crippen LogP contribution is -2.44. The number of para-hydroxylation sites is 1. The van der Waals surface area contributed by atoms with Crippen LogP contribution < -0.4 is 9.80 Å². The summed E-state index contributed by atoms with van der Waals surface area (Å²) in [4.78, 5) is 4.02. The van der Waals surface area contributed by atoms with Crippen molar-refractivity contribution >= 4 is 11.4 Å². The minimum Gasteiger partial charge on any atom is -0.382 e. The molecule has 2 aliphatic heterocycles. The van der Waals surface area contributed by atoms with Gasteiger partial charge in [-0.15, -0.1) is 0 Å². The number of morpholine rings is 1. The number of aryl methyl sites for hydroxylation is 1. The molecular formula is C30H33F3N2O2. The molecule has 37 heavy (non-hydrogen) atoms. The Bertz CT molecular complexity index is 1250. The van der Waals surface area contributed by atoms with Crippen molar-refractivity contribution in [2.45, 2.75) is 44.1 Å². The van der Waals surface area contributed by atoms with E-state index in [4.69, 9.17) is 4.74 Å². The van der Waals surface area contributed by atoms with Gasteiger partial charge in [0, 0.05) is 36.4 Å². The van der Waals surface area contributed by atoms with Crippen LogP contribution in [0.4, 0.5) is 24.5 Å². The van der Waals surface area contributed by atoms with Crippen molar-refractivity contribution in [3.05, 3.63) is 95.1 Å². The zero-order chi connectivity index (χ0) is 26.2. The van der Waals surface area contributed by atoms with E-state index >= 15 is 0 Å². The molecule has 1 unspecified atom stereocenters. The van der Waals surface area contributed by atoms with Gasteiger partial charge >= 0.3 is 6.18 Å². The fourth-order valence-corrected chi connectivity index (χ4v) is 5.83. The van der Waals surface area contributed by atoms with E-state index in [1.54, 1.807) is 4.90 Å². The van der Waals surface area contributed by atoms with Crippen molar-refractivity contribution in [2.24, 2.45) is 0 Å². The van der Waals surface area contributed by atoms with Gasteiger partial charge in [-0.2, -0.15) is 13.2 Å². The van der Waals surface area contributed by atoms with Gasteiger partial charge in [0.25, 0.3) is 0 Å². The number of nitrogens with zero attached hydrogens (tertiary/aromatic N) is 2. The second-order valence-corrected chi connectivity index (χ2v) is 10.4. The van der Waals surface area contributed by atoms with E-state index < -0.39 is 24.2 Å². The van der Waals surface area contributed by atoms with Gasteiger partial charge < -0.3 is 19.6 Å². The molecule has 0 amide bonds. The van der Waals surface area contributed by atoms with E-state index in [0.29, 0.717) is 19.6 Å². The fraction of sp³-hybridized carbons (Fsp3) is 0.400. The highest BCUT2D eigenvalue weighted by molar-refractivity contribution is 5.67. The van der Waals surface area contributed by atoms with Crippen LogP contribution in [0, 0.1) is 6.92 Å². The first-order valence-electron chi connectivity index (χ1n) is 12.8. The smallest absolute Gasteiger partial charge is 0.382 e. The molecule has 1 fully saturated rings. The number of anilines is 2. The van der Waals surface area contributed by atoms with Crippen LogP contribution in [0.15, 0.2) is 72.8 Å². The van der Waals surface area contributed by atoms with Crippen molar-refractivity contribution in [3.8, 4) is 0 Å². The molecule has 1 saturated heterocycles. The number of β-amino-alcohol motifs (C(OH)–C–C–N with tert-alkyl or cyclic N) is 1. The highest BCUT2D eigenvalue weighted by Gasteiger charge is 2.47. The molecule has 4 nitrogen and oxygen atoms in total. The number of halogens is 3. The van der Waals surface area contributed by atoms with Gasteiger partial charge in [-0.25, -0.2) is 0 Å². The summed E-state index contributed by atoms with van der Waals surface area (Å²) in [6, 6.07) is 24.4. The van der Waals surface area contributed by atoms with E-state index in [1.807, 2.05) is 43.3 Å². The maximum atomic E-state index is 13.4. The molecule has 0 aliphatic carbocycles. The predicted octanol–water partition coefficient (Wildman–Crippen LogP) is 5.49. The largest absolute Gasteiger partial charge is 0.416 e. The number of aliphatic hydroxyl groups excluding tert-OH is 1. The lowest BCUT2D eigenvalue weighted by Gasteiger charge is -2.35. The topological polar surface area (TPSA) is 35.9 Å². The Morgan fingerprint density at radius 1 is 1.05 bits per heavy atom. The Labute approximate surface area is 216 Å². The summed E-state index contributed by atoms with van der Waals surface area (Å²) in [5.74, 6) is 0. The molecule has 0 radical (unpaired) electrons. The average Bonchev–Trinajstić information content (AvgIpc) is 3.18. The second-order valence-electron chi connectivity index (χ2n) is 10.4. The number of fused-ring (bicyclic) bond motifs is 1. The first-order chi connectivity index (χ1) is 17.7. The van der Waals surface area contributed by atoms with E-state index in [9.17, 15) is 18.3 Å². The van der Waals surface area contributed by atoms with Crippen molar-refractivity contribution < 1.29 is 23.0 Å². The number of ether oxygens (including phenoxy) is 1. The number of alkyl halides is 3. The first kappa shape index (κ1) is 25.6. The number of hydrogen-bond acceptors (Lipinski definition) is 4. The summed E-state index contributed by atoms with van der Waals surface area (Å²) in [5, 5.41) is 9.97. The Hall–Kier alpha value is -3.03. The molecule has 5 rings (SSSR count). The molecule has 3 aromatic carbocycles. The highest BCUT2D eigenvalue weighted by atomic mass is 19.4. The molecule has 3 aromatic rings. The first-order valence-corrected chi connectivity index (χ1v) is 12.8. The van der Waals surface area contributed by atoms with Crippen LogP contribution in [0.3, 0.4) is 0 Å². The summed E-state index contributed by atoms with van der Waals surface area (Å²) < 4.78 is 45.8. The SMILES string of the molecule is Cc1cccc(C2(Cc3cccc(N4CCO[C@@H](C)C4)c3)CN(C[C@@H](O)C(F)(F)F)c3ccccc32)c1. The molecule has 3 atom stereocenters. The Morgan fingerprint density at radius 3 is 2.59 bits per heavy atom. The molecule has 7 heteroatoms. The standard InChI is InChI=1S/C30H33F3N2O2/c1-21-7-5-9-24(15-21)29(17-23-8-6-10-25(16-23)34-13-14-37-22(2)18-34)20-35(19-28(36)30(31,32)33)27-12-4-3-11-26(27)29/h3-12,15-16,22,28,36H,13-14,17-20H2,1-2H3/t22-,28+,29?/m0/s1. The third-order valence-electron chi connectivity index (χ3n) is 7.59. The van der Waals surface area contributed by atoms with Crippen LogP contribution >= 0.6 is 0 Å². The van der Waals surface area contributed by atoms with E-state index in [2.05, 4.69) is 48.2 Å². The van der Waals surface area contributed by atoms with E-state index in [-0.39, 0.29) is 6.10 Å². The molecular weight excluding hydrogens is 477 g/mol. The van der Waals surface area contributed by atoms with Gasteiger partial charge in [-0.3, -0.25) is 0 Å². The third kappa shape index (κ3) is 5.20. The van der Waals surface area contributed by atoms with Gasteiger partial charge in [0.1, 0.15) is 0 Å². The van der Waals surface area contributed by atoms with Gasteiger partial charge in [0.15, 0.2) is 6.10 Å². The van der Waals surface area contributed by atoms with Gasteiger partial charge in [-0.05, 0) is 55.2 Å². The number of hydrogen-bond donors (Lipinski definition) is 1. The van der Waals surface area contributed by atoms with E-state index in [0.717, 1.165) is 46.7 Å². The highest BCUT2D eigenvalue weighted by Crippen LogP contribution is 2.48. The predicted molar refractivity (Wildman–Crippen MR) is 140 cm³/mol. The second kappa shape index (κ2) is 10.0. The van der Waals surface area contributed by atoms with Gasteiger partial charge in [0.05, 0.1) is 19.3 Å². The number of benzene rings is 3. The van der Waals surface area contributed by atoms with Crippen molar-refractivity contribution in [1.29, 1.82) is 0 Å². The van der Waals surface area contributed by atoms with Crippen LogP contribution in [0.1, 0.15) is 29.2 Å². The minimum atomic E-state index is -4.67. The fourth-order valence-electron chi connectivity index (χ4n) is 5.83. The van der Waals surface area contributed by atoms with Crippen LogP contribution in [-0.2, 0) is 16.6 Å². The summed E-state index contributed by atoms with van der Waals surface area (Å²) >= 11 is 0. The lowest BCUT2D eigenvalue weighted by molar-refractivity contribution is -0.200. The summed E-state index contributed by atoms with van der Waals surface area (Å²) in [6.45, 7) is 6.27. The Balaban J connectivity index is 1.56. The molecule has 2 heterocycles. The van der Waals surface area contributed by atoms with Crippen molar-refractivity contribution in [2.75, 3.05) is 42.6 Å². The average molecular weight is 511 g/mol. The Kier molecular flexibility index (Phi) is 6.94. The Morgan fingerprint density at radius 2 is 1.84 bits per heavy atom. The third-order valence-corrected chi connectivity index (χ3v) is 7.59. The molecule has 0 saturated carbocycles. The van der Waals surface area contributed by atoms with Gasteiger partial charge in [0.2, 0.25) is 0 Å². The normalized spacial score (nSPS) is 22.7. The van der Waals surface area contributed by atoms with Crippen LogP contribution in [0.25, 0.3) is 0 Å². The molecule has 0 aromatic heterocycles. The quantitative estimate of drug-likeness (QED) is 0.476. The summed E-state index contributed by atoms with van der Waals surface area (Å²) in [7, 11) is 0. The molecule has 0 spiro atoms. The minimum absolute atomic E-state index is 0.159. The summed E-state index contributed by atoms with van der Waals surface area (Å²) in [6.07, 6.45) is -6.31. The van der Waals surface area contributed by atoms with E-state index in [1.165, 1.54) is 0 Å². The molecule has 196 valence electrons. The zero-order valence-electron chi connectivity index (χ0n) is 21.2. The number of rotatable bonds is 6. The van der Waals surface area contributed by atoms with Crippen molar-refractivity contribution in [1.82, 2.24) is 0 Å². The molecule has 1 N–H and O–H groups in total. The van der Waals surface area contributed by atoms with Crippen molar-refractivity contribution in [3.63, 3.8) is 0 Å². The zero-order valence-corrected chi connectivity index (χ0v) is 21.2. The van der Waals surface area contributed by atoms with Gasteiger partial charge in [-0.1, -0.05) is 60.2 Å².